The molecule has 1 aliphatic rings. The third kappa shape index (κ3) is 3.30. The molecule has 1 amide bonds. The van der Waals surface area contributed by atoms with Crippen molar-refractivity contribution >= 4 is 28.9 Å². The summed E-state index contributed by atoms with van der Waals surface area (Å²) in [6.45, 7) is 2.06. The van der Waals surface area contributed by atoms with Gasteiger partial charge in [-0.25, -0.2) is 0 Å². The highest BCUT2D eigenvalue weighted by atomic mass is 35.5. The molecule has 1 aliphatic heterocycles. The summed E-state index contributed by atoms with van der Waals surface area (Å²) >= 11 is 5.85. The molecular weight excluding hydrogens is 332 g/mol. The van der Waals surface area contributed by atoms with Crippen LogP contribution < -0.4 is 4.90 Å². The predicted octanol–water partition coefficient (Wildman–Crippen LogP) is 2.61. The van der Waals surface area contributed by atoms with Gasteiger partial charge in [0.05, 0.1) is 4.92 Å². The first kappa shape index (κ1) is 16.2. The fraction of sp³-hybridized carbons (Fsp3) is 0.250. The van der Waals surface area contributed by atoms with Gasteiger partial charge in [-0.3, -0.25) is 19.9 Å². The Morgan fingerprint density at radius 3 is 2.42 bits per heavy atom. The number of pyridine rings is 1. The molecule has 0 aliphatic carbocycles. The highest BCUT2D eigenvalue weighted by Gasteiger charge is 2.26. The van der Waals surface area contributed by atoms with E-state index in [1.54, 1.807) is 41.6 Å². The van der Waals surface area contributed by atoms with Crippen LogP contribution in [-0.2, 0) is 0 Å². The number of anilines is 1. The number of hydrogen-bond acceptors (Lipinski definition) is 5. The normalized spacial score (nSPS) is 14.5. The summed E-state index contributed by atoms with van der Waals surface area (Å²) in [5.41, 5.74) is 1.10. The lowest BCUT2D eigenvalue weighted by Gasteiger charge is -2.35. The molecule has 0 bridgehead atoms. The minimum Gasteiger partial charge on any atom is -0.362 e. The average Bonchev–Trinajstić information content (AvgIpc) is 2.62. The van der Waals surface area contributed by atoms with E-state index in [0.29, 0.717) is 42.5 Å². The van der Waals surface area contributed by atoms with Gasteiger partial charge in [0.1, 0.15) is 5.69 Å². The first-order valence-corrected chi connectivity index (χ1v) is 7.82. The molecule has 0 atom stereocenters. The number of hydrogen-bond donors (Lipinski definition) is 0. The monoisotopic (exact) mass is 346 g/mol. The molecule has 24 heavy (non-hydrogen) atoms. The Labute approximate surface area is 143 Å². The molecule has 1 saturated heterocycles. The van der Waals surface area contributed by atoms with Gasteiger partial charge in [0.2, 0.25) is 0 Å². The van der Waals surface area contributed by atoms with Crippen molar-refractivity contribution in [3.63, 3.8) is 0 Å². The number of halogens is 1. The van der Waals surface area contributed by atoms with Crippen LogP contribution >= 0.6 is 11.6 Å². The molecule has 1 aromatic carbocycles. The smallest absolute Gasteiger partial charge is 0.294 e. The van der Waals surface area contributed by atoms with E-state index in [2.05, 4.69) is 4.98 Å². The van der Waals surface area contributed by atoms with Crippen molar-refractivity contribution in [3.05, 3.63) is 63.4 Å². The Hall–Kier alpha value is -2.67. The van der Waals surface area contributed by atoms with Gasteiger partial charge >= 0.3 is 0 Å². The Morgan fingerprint density at radius 1 is 1.12 bits per heavy atom. The Bertz CT molecular complexity index is 761. The minimum atomic E-state index is -0.435. The molecule has 0 unspecified atom stereocenters. The van der Waals surface area contributed by atoms with Crippen LogP contribution in [0.3, 0.4) is 0 Å². The maximum Gasteiger partial charge on any atom is 0.294 e. The molecular formula is C16H15ClN4O3. The quantitative estimate of drug-likeness (QED) is 0.630. The van der Waals surface area contributed by atoms with Crippen molar-refractivity contribution in [2.75, 3.05) is 31.1 Å². The maximum atomic E-state index is 12.4. The van der Waals surface area contributed by atoms with E-state index in [1.807, 2.05) is 4.90 Å². The van der Waals surface area contributed by atoms with Gasteiger partial charge in [-0.15, -0.1) is 0 Å². The van der Waals surface area contributed by atoms with Crippen LogP contribution in [0, 0.1) is 10.1 Å². The molecule has 0 radical (unpaired) electrons. The molecule has 0 N–H and O–H groups in total. The molecule has 2 heterocycles. The van der Waals surface area contributed by atoms with Gasteiger partial charge in [-0.2, -0.15) is 0 Å². The SMILES string of the molecule is O=C(c1ccncc1)N1CCN(c2ccc(Cl)cc2[N+](=O)[O-])CC1. The van der Waals surface area contributed by atoms with Crippen LogP contribution in [0.4, 0.5) is 11.4 Å². The zero-order valence-electron chi connectivity index (χ0n) is 12.8. The number of amides is 1. The Balaban J connectivity index is 1.72. The number of piperazine rings is 1. The molecule has 2 aromatic rings. The van der Waals surface area contributed by atoms with Crippen molar-refractivity contribution in [3.8, 4) is 0 Å². The number of nitrogens with zero attached hydrogens (tertiary/aromatic N) is 4. The zero-order valence-corrected chi connectivity index (χ0v) is 13.5. The van der Waals surface area contributed by atoms with E-state index in [-0.39, 0.29) is 11.6 Å². The summed E-state index contributed by atoms with van der Waals surface area (Å²) in [5, 5.41) is 11.6. The van der Waals surface area contributed by atoms with Crippen molar-refractivity contribution < 1.29 is 9.72 Å². The molecule has 1 aromatic heterocycles. The summed E-state index contributed by atoms with van der Waals surface area (Å²) in [6, 6.07) is 8.00. The number of nitro benzene ring substituents is 1. The van der Waals surface area contributed by atoms with E-state index in [0.717, 1.165) is 0 Å². The second-order valence-corrected chi connectivity index (χ2v) is 5.84. The third-order valence-corrected chi connectivity index (χ3v) is 4.20. The molecule has 8 heteroatoms. The van der Waals surface area contributed by atoms with Gasteiger partial charge < -0.3 is 9.80 Å². The van der Waals surface area contributed by atoms with Gasteiger partial charge in [-0.05, 0) is 24.3 Å². The van der Waals surface area contributed by atoms with Gasteiger partial charge in [0.15, 0.2) is 0 Å². The third-order valence-electron chi connectivity index (χ3n) is 3.97. The highest BCUT2D eigenvalue weighted by molar-refractivity contribution is 6.30. The predicted molar refractivity (Wildman–Crippen MR) is 90.5 cm³/mol. The van der Waals surface area contributed by atoms with E-state index in [1.165, 1.54) is 6.07 Å². The van der Waals surface area contributed by atoms with E-state index in [4.69, 9.17) is 11.6 Å². The summed E-state index contributed by atoms with van der Waals surface area (Å²) < 4.78 is 0. The van der Waals surface area contributed by atoms with Crippen LogP contribution in [0.5, 0.6) is 0 Å². The van der Waals surface area contributed by atoms with Crippen LogP contribution in [0.2, 0.25) is 5.02 Å². The summed E-state index contributed by atoms with van der Waals surface area (Å²) in [6.07, 6.45) is 3.17. The first-order valence-electron chi connectivity index (χ1n) is 7.44. The van der Waals surface area contributed by atoms with E-state index >= 15 is 0 Å². The molecule has 3 rings (SSSR count). The van der Waals surface area contributed by atoms with E-state index in [9.17, 15) is 14.9 Å². The number of carbonyl (C=O) groups excluding carboxylic acids is 1. The average molecular weight is 347 g/mol. The fourth-order valence-electron chi connectivity index (χ4n) is 2.74. The van der Waals surface area contributed by atoms with Gasteiger partial charge in [0.25, 0.3) is 11.6 Å². The van der Waals surface area contributed by atoms with Crippen molar-refractivity contribution in [2.45, 2.75) is 0 Å². The first-order chi connectivity index (χ1) is 11.6. The largest absolute Gasteiger partial charge is 0.362 e. The lowest BCUT2D eigenvalue weighted by atomic mass is 10.2. The second kappa shape index (κ2) is 6.84. The number of rotatable bonds is 3. The highest BCUT2D eigenvalue weighted by Crippen LogP contribution is 2.31. The van der Waals surface area contributed by atoms with Crippen LogP contribution in [0.25, 0.3) is 0 Å². The molecule has 0 spiro atoms. The van der Waals surface area contributed by atoms with Crippen LogP contribution in [-0.4, -0.2) is 46.9 Å². The van der Waals surface area contributed by atoms with Crippen LogP contribution in [0.1, 0.15) is 10.4 Å². The lowest BCUT2D eigenvalue weighted by Crippen LogP contribution is -2.49. The standard InChI is InChI=1S/C16H15ClN4O3/c17-13-1-2-14(15(11-13)21(23)24)19-7-9-20(10-8-19)16(22)12-3-5-18-6-4-12/h1-6,11H,7-10H2. The summed E-state index contributed by atoms with van der Waals surface area (Å²) in [4.78, 5) is 30.8. The summed E-state index contributed by atoms with van der Waals surface area (Å²) in [5.74, 6) is -0.0531. The number of nitro groups is 1. The zero-order chi connectivity index (χ0) is 17.1. The second-order valence-electron chi connectivity index (χ2n) is 5.41. The number of carbonyl (C=O) groups is 1. The van der Waals surface area contributed by atoms with Gasteiger partial charge in [0, 0.05) is 55.2 Å². The fourth-order valence-corrected chi connectivity index (χ4v) is 2.90. The Morgan fingerprint density at radius 2 is 1.79 bits per heavy atom. The van der Waals surface area contributed by atoms with Crippen molar-refractivity contribution in [2.24, 2.45) is 0 Å². The maximum absolute atomic E-state index is 12.4. The number of aromatic nitrogens is 1. The summed E-state index contributed by atoms with van der Waals surface area (Å²) in [7, 11) is 0. The van der Waals surface area contributed by atoms with E-state index < -0.39 is 4.92 Å². The van der Waals surface area contributed by atoms with Crippen molar-refractivity contribution in [1.82, 2.24) is 9.88 Å². The lowest BCUT2D eigenvalue weighted by molar-refractivity contribution is -0.384. The van der Waals surface area contributed by atoms with Crippen LogP contribution in [0.15, 0.2) is 42.7 Å². The molecule has 124 valence electrons. The molecule has 7 nitrogen and oxygen atoms in total. The molecule has 0 saturated carbocycles. The Kier molecular flexibility index (Phi) is 4.61. The number of benzene rings is 1. The topological polar surface area (TPSA) is 79.6 Å². The minimum absolute atomic E-state index is 0.0172. The van der Waals surface area contributed by atoms with Gasteiger partial charge in [-0.1, -0.05) is 11.6 Å². The van der Waals surface area contributed by atoms with Crippen molar-refractivity contribution in [1.29, 1.82) is 0 Å². The molecule has 1 fully saturated rings.